The van der Waals surface area contributed by atoms with Crippen LogP contribution in [0.1, 0.15) is 0 Å². The number of hydrogen-bond acceptors (Lipinski definition) is 4. The van der Waals surface area contributed by atoms with Gasteiger partial charge in [-0.25, -0.2) is 0 Å². The number of aromatic nitrogens is 2. The molecule has 0 aliphatic heterocycles. The van der Waals surface area contributed by atoms with Crippen molar-refractivity contribution in [2.45, 2.75) is 0 Å². The van der Waals surface area contributed by atoms with Gasteiger partial charge in [0.25, 0.3) is 0 Å². The number of hydrogen-bond donors (Lipinski definition) is 0. The Morgan fingerprint density at radius 2 is 0.509 bits per heavy atom. The van der Waals surface area contributed by atoms with Crippen LogP contribution in [0.15, 0.2) is 413 Å². The van der Waals surface area contributed by atoms with Gasteiger partial charge in [0.15, 0.2) is 0 Å². The van der Waals surface area contributed by atoms with E-state index in [0.29, 0.717) is 0 Å². The van der Waals surface area contributed by atoms with Gasteiger partial charge in [-0.05, 0) is 218 Å². The van der Waals surface area contributed by atoms with Crippen molar-refractivity contribution in [1.29, 1.82) is 0 Å². The van der Waals surface area contributed by atoms with Gasteiger partial charge in [0.1, 0.15) is 0 Å². The summed E-state index contributed by atoms with van der Waals surface area (Å²) in [5.41, 5.74) is 23.6. The Labute approximate surface area is 645 Å². The first-order chi connectivity index (χ1) is 54.5. The lowest BCUT2D eigenvalue weighted by Crippen LogP contribution is -2.09. The molecule has 0 atom stereocenters. The molecule has 110 heavy (non-hydrogen) atoms. The summed E-state index contributed by atoms with van der Waals surface area (Å²) in [6.07, 6.45) is 0. The SMILES string of the molecule is c1ccc(N(c2ccc(-c3ccc(-n4c5ccccc5c5cc6c(cc54)sc4ccccc46)cc3)cc2)c2ccc(-c3ccc4ccccc4c3)cc2)cc1.c1ccc(N(c2ccc(-c3ccc(-n4c5ccccc5c5cc6c(cc54)sc4ccccc46)cc3)cc2)c2ccc(-c3cccc4ccccc34)cc2)cc1. The normalized spacial score (nSPS) is 11.6. The lowest BCUT2D eigenvalue weighted by Gasteiger charge is -2.26. The quantitative estimate of drug-likeness (QED) is 0.121. The van der Waals surface area contributed by atoms with Crippen molar-refractivity contribution in [2.75, 3.05) is 9.80 Å². The molecule has 0 saturated carbocycles. The molecule has 0 bridgehead atoms. The Hall–Kier alpha value is -13.9. The summed E-state index contributed by atoms with van der Waals surface area (Å²) in [6, 6.07) is 150. The highest BCUT2D eigenvalue weighted by molar-refractivity contribution is 7.26. The number of nitrogens with zero attached hydrogens (tertiary/aromatic N) is 4. The van der Waals surface area contributed by atoms with Crippen LogP contribution in [0.3, 0.4) is 0 Å². The summed E-state index contributed by atoms with van der Waals surface area (Å²) in [7, 11) is 0. The van der Waals surface area contributed by atoms with E-state index in [-0.39, 0.29) is 0 Å². The van der Waals surface area contributed by atoms with Gasteiger partial charge in [0.2, 0.25) is 0 Å². The van der Waals surface area contributed by atoms with Gasteiger partial charge in [-0.1, -0.05) is 261 Å². The van der Waals surface area contributed by atoms with Gasteiger partial charge in [-0.2, -0.15) is 0 Å². The van der Waals surface area contributed by atoms with E-state index in [4.69, 9.17) is 0 Å². The van der Waals surface area contributed by atoms with Crippen molar-refractivity contribution < 1.29 is 0 Å². The van der Waals surface area contributed by atoms with E-state index in [9.17, 15) is 0 Å². The Kier molecular flexibility index (Phi) is 15.9. The smallest absolute Gasteiger partial charge is 0.0555 e. The highest BCUT2D eigenvalue weighted by Crippen LogP contribution is 2.46. The minimum Gasteiger partial charge on any atom is -0.311 e. The maximum atomic E-state index is 2.42. The zero-order chi connectivity index (χ0) is 72.6. The summed E-state index contributed by atoms with van der Waals surface area (Å²) in [5, 5.41) is 15.5. The molecule has 4 heterocycles. The second kappa shape index (κ2) is 27.2. The van der Waals surface area contributed by atoms with E-state index in [1.165, 1.54) is 150 Å². The lowest BCUT2D eigenvalue weighted by molar-refractivity contribution is 1.18. The molecule has 0 aliphatic rings. The zero-order valence-corrected chi connectivity index (χ0v) is 61.5. The Morgan fingerprint density at radius 1 is 0.173 bits per heavy atom. The van der Waals surface area contributed by atoms with Crippen LogP contribution in [0.2, 0.25) is 0 Å². The molecule has 6 heteroatoms. The summed E-state index contributed by atoms with van der Waals surface area (Å²) in [5.74, 6) is 0. The van der Waals surface area contributed by atoms with Crippen LogP contribution < -0.4 is 9.80 Å². The predicted octanol–water partition coefficient (Wildman–Crippen LogP) is 30.2. The van der Waals surface area contributed by atoms with Crippen LogP contribution >= 0.6 is 22.7 Å². The van der Waals surface area contributed by atoms with Gasteiger partial charge < -0.3 is 18.9 Å². The Bertz CT molecular complexity index is 7210. The fourth-order valence-corrected chi connectivity index (χ4v) is 18.9. The van der Waals surface area contributed by atoms with Gasteiger partial charge in [-0.15, -0.1) is 22.7 Å². The fraction of sp³-hybridized carbons (Fsp3) is 0. The molecule has 0 spiro atoms. The molecule has 18 aromatic carbocycles. The molecule has 0 unspecified atom stereocenters. The third kappa shape index (κ3) is 11.4. The highest BCUT2D eigenvalue weighted by atomic mass is 32.1. The number of fused-ring (bicyclic) bond motifs is 14. The summed E-state index contributed by atoms with van der Waals surface area (Å²) < 4.78 is 10.1. The third-order valence-corrected chi connectivity index (χ3v) is 24.2. The standard InChI is InChI=1S/2C52H34N2S/c1-2-13-39(14-3-1)53(41-31-25-38(26-32-41)44-18-10-12-37-11-4-5-15-43(37)44)40-27-21-35(22-28-40)36-23-29-42(30-24-36)54-49-19-8-6-16-45(49)47-33-48-46-17-7-9-20-51(46)55-52(48)34-50(47)54;1-2-12-41(13-3-1)53(43-28-24-38(25-29-43)40-19-18-35-10-4-5-11-39(35)32-40)42-26-20-36(21-27-42)37-22-30-44(31-23-37)54-49-16-8-6-14-45(49)47-33-48-46-15-7-9-17-51(46)55-52(48)34-50(47)54/h2*1-34H. The number of rotatable bonds is 12. The van der Waals surface area contributed by atoms with Gasteiger partial charge in [0.05, 0.1) is 22.1 Å². The molecule has 0 aliphatic carbocycles. The highest BCUT2D eigenvalue weighted by Gasteiger charge is 2.21. The van der Waals surface area contributed by atoms with Gasteiger partial charge in [-0.3, -0.25) is 0 Å². The van der Waals surface area contributed by atoms with Crippen molar-refractivity contribution in [2.24, 2.45) is 0 Å². The van der Waals surface area contributed by atoms with Crippen LogP contribution in [0.25, 0.3) is 161 Å². The van der Waals surface area contributed by atoms with Crippen LogP contribution in [-0.2, 0) is 0 Å². The zero-order valence-electron chi connectivity index (χ0n) is 59.9. The maximum Gasteiger partial charge on any atom is 0.0555 e. The van der Waals surface area contributed by atoms with E-state index >= 15 is 0 Å². The Balaban J connectivity index is 0.000000140. The molecule has 0 fully saturated rings. The van der Waals surface area contributed by atoms with E-state index in [0.717, 1.165) is 45.5 Å². The molecule has 0 N–H and O–H groups in total. The summed E-state index contributed by atoms with van der Waals surface area (Å²) in [4.78, 5) is 4.66. The molecule has 0 amide bonds. The van der Waals surface area contributed by atoms with Crippen LogP contribution in [0.4, 0.5) is 34.1 Å². The first kappa shape index (κ1) is 64.5. The van der Waals surface area contributed by atoms with E-state index in [1.54, 1.807) is 0 Å². The van der Waals surface area contributed by atoms with Crippen LogP contribution in [0, 0.1) is 0 Å². The first-order valence-electron chi connectivity index (χ1n) is 37.5. The summed E-state index contributed by atoms with van der Waals surface area (Å²) in [6.45, 7) is 0. The van der Waals surface area contributed by atoms with E-state index in [1.807, 2.05) is 22.7 Å². The molecule has 0 radical (unpaired) electrons. The van der Waals surface area contributed by atoms with Gasteiger partial charge >= 0.3 is 0 Å². The molecular weight excluding hydrogens is 1370 g/mol. The number of benzene rings is 18. The summed E-state index contributed by atoms with van der Waals surface area (Å²) >= 11 is 3.75. The molecule has 0 saturated heterocycles. The van der Waals surface area contributed by atoms with Crippen molar-refractivity contribution in [3.8, 4) is 55.9 Å². The second-order valence-electron chi connectivity index (χ2n) is 28.3. The molecule has 516 valence electrons. The van der Waals surface area contributed by atoms with Crippen LogP contribution in [0.5, 0.6) is 0 Å². The minimum absolute atomic E-state index is 1.11. The number of thiophene rings is 2. The van der Waals surface area contributed by atoms with Crippen molar-refractivity contribution >= 4 is 162 Å². The van der Waals surface area contributed by atoms with E-state index < -0.39 is 0 Å². The van der Waals surface area contributed by atoms with Crippen LogP contribution in [-0.4, -0.2) is 9.13 Å². The predicted molar refractivity (Wildman–Crippen MR) is 473 cm³/mol. The van der Waals surface area contributed by atoms with Crippen molar-refractivity contribution in [1.82, 2.24) is 9.13 Å². The topological polar surface area (TPSA) is 16.3 Å². The molecular formula is C104H68N4S2. The second-order valence-corrected chi connectivity index (χ2v) is 30.5. The molecule has 22 rings (SSSR count). The number of anilines is 6. The molecule has 4 nitrogen and oxygen atoms in total. The van der Waals surface area contributed by atoms with Crippen molar-refractivity contribution in [3.05, 3.63) is 413 Å². The van der Waals surface area contributed by atoms with Gasteiger partial charge in [0, 0.05) is 107 Å². The first-order valence-corrected chi connectivity index (χ1v) is 39.1. The van der Waals surface area contributed by atoms with Crippen molar-refractivity contribution in [3.63, 3.8) is 0 Å². The largest absolute Gasteiger partial charge is 0.311 e. The average Bonchev–Trinajstić information content (AvgIpc) is 1.58. The maximum absolute atomic E-state index is 2.42. The third-order valence-electron chi connectivity index (χ3n) is 22.0. The molecule has 22 aromatic rings. The van der Waals surface area contributed by atoms with E-state index in [2.05, 4.69) is 431 Å². The molecule has 4 aromatic heterocycles. The Morgan fingerprint density at radius 3 is 0.973 bits per heavy atom. The number of para-hydroxylation sites is 4. The lowest BCUT2D eigenvalue weighted by atomic mass is 9.98. The average molecular weight is 1440 g/mol. The minimum atomic E-state index is 1.11. The monoisotopic (exact) mass is 1440 g/mol. The fourth-order valence-electron chi connectivity index (χ4n) is 16.6.